The fraction of sp³-hybridized carbons (Fsp3) is 0.333. The number of nitrogens with one attached hydrogen (secondary N) is 2. The number of carboxylic acid groups (broad SMARTS) is 1. The van der Waals surface area contributed by atoms with Gasteiger partial charge in [-0.15, -0.1) is 0 Å². The van der Waals surface area contributed by atoms with Gasteiger partial charge in [0.1, 0.15) is 11.5 Å². The molecule has 0 aliphatic heterocycles. The number of H-pyrrole nitrogens is 1. The predicted molar refractivity (Wildman–Crippen MR) is 76.8 cm³/mol. The van der Waals surface area contributed by atoms with E-state index in [1.165, 1.54) is 12.1 Å². The van der Waals surface area contributed by atoms with Crippen LogP contribution in [0.3, 0.4) is 0 Å². The number of amides is 1. The summed E-state index contributed by atoms with van der Waals surface area (Å²) in [6.07, 6.45) is 0.355. The van der Waals surface area contributed by atoms with E-state index in [1.807, 2.05) is 0 Å². The highest BCUT2D eigenvalue weighted by atomic mass is 19.1. The molecule has 2 rings (SSSR count). The third kappa shape index (κ3) is 3.59. The molecule has 1 aromatic heterocycles. The number of benzene rings is 1. The fourth-order valence-corrected chi connectivity index (χ4v) is 2.21. The summed E-state index contributed by atoms with van der Waals surface area (Å²) in [5.74, 6) is -1.58. The topological polar surface area (TPSA) is 82.2 Å². The zero-order valence-electron chi connectivity index (χ0n) is 11.9. The second-order valence-corrected chi connectivity index (χ2v) is 5.17. The van der Waals surface area contributed by atoms with Gasteiger partial charge in [0.05, 0.1) is 0 Å². The van der Waals surface area contributed by atoms with E-state index in [0.29, 0.717) is 17.6 Å². The molecule has 0 saturated heterocycles. The van der Waals surface area contributed by atoms with Crippen LogP contribution in [-0.4, -0.2) is 28.0 Å². The number of aromatic amines is 1. The molecule has 0 fully saturated rings. The Morgan fingerprint density at radius 1 is 1.38 bits per heavy atom. The molecular formula is C15H17FN2O3. The Morgan fingerprint density at radius 2 is 2.10 bits per heavy atom. The molecule has 0 saturated carbocycles. The molecule has 1 atom stereocenters. The number of aryl methyl sites for hydroxylation is 1. The van der Waals surface area contributed by atoms with Crippen LogP contribution in [0.15, 0.2) is 18.2 Å². The van der Waals surface area contributed by atoms with E-state index in [-0.39, 0.29) is 24.2 Å². The molecule has 0 spiro atoms. The monoisotopic (exact) mass is 292 g/mol. The summed E-state index contributed by atoms with van der Waals surface area (Å²) in [4.78, 5) is 25.5. The van der Waals surface area contributed by atoms with Crippen molar-refractivity contribution >= 4 is 22.8 Å². The van der Waals surface area contributed by atoms with Crippen molar-refractivity contribution in [1.82, 2.24) is 10.3 Å². The maximum atomic E-state index is 13.3. The van der Waals surface area contributed by atoms with Gasteiger partial charge in [-0.2, -0.15) is 0 Å². The first-order valence-electron chi connectivity index (χ1n) is 6.68. The van der Waals surface area contributed by atoms with E-state index in [2.05, 4.69) is 10.3 Å². The lowest BCUT2D eigenvalue weighted by Gasteiger charge is -2.11. The number of carboxylic acids is 1. The van der Waals surface area contributed by atoms with Gasteiger partial charge in [-0.3, -0.25) is 9.59 Å². The number of halogens is 1. The Morgan fingerprint density at radius 3 is 2.76 bits per heavy atom. The summed E-state index contributed by atoms with van der Waals surface area (Å²) < 4.78 is 13.3. The second-order valence-electron chi connectivity index (χ2n) is 5.17. The summed E-state index contributed by atoms with van der Waals surface area (Å²) in [5, 5.41) is 12.1. The summed E-state index contributed by atoms with van der Waals surface area (Å²) in [6.45, 7) is 3.52. The molecule has 2 aromatic rings. The number of hydrogen-bond acceptors (Lipinski definition) is 2. The molecule has 1 heterocycles. The molecule has 21 heavy (non-hydrogen) atoms. The van der Waals surface area contributed by atoms with Gasteiger partial charge in [0.25, 0.3) is 5.91 Å². The first kappa shape index (κ1) is 15.0. The number of carbonyl (C=O) groups is 2. The molecule has 1 unspecified atom stereocenters. The van der Waals surface area contributed by atoms with Crippen molar-refractivity contribution in [1.29, 1.82) is 0 Å². The Bertz CT molecular complexity index is 694. The third-order valence-corrected chi connectivity index (χ3v) is 3.32. The molecule has 1 aromatic carbocycles. The van der Waals surface area contributed by atoms with Crippen molar-refractivity contribution in [2.75, 3.05) is 0 Å². The fourth-order valence-electron chi connectivity index (χ4n) is 2.21. The SMILES string of the molecule is Cc1cc(F)cc2[nH]c(C(=O)NC(C)CCC(=O)O)cc12. The summed E-state index contributed by atoms with van der Waals surface area (Å²) in [5.41, 5.74) is 1.65. The largest absolute Gasteiger partial charge is 0.481 e. The Hall–Kier alpha value is -2.37. The number of rotatable bonds is 5. The van der Waals surface area contributed by atoms with Crippen LogP contribution in [0, 0.1) is 12.7 Å². The Balaban J connectivity index is 2.13. The normalized spacial score (nSPS) is 12.3. The van der Waals surface area contributed by atoms with Gasteiger partial charge in [-0.25, -0.2) is 4.39 Å². The van der Waals surface area contributed by atoms with E-state index in [1.54, 1.807) is 19.9 Å². The first-order valence-corrected chi connectivity index (χ1v) is 6.68. The lowest BCUT2D eigenvalue weighted by atomic mass is 10.1. The minimum absolute atomic E-state index is 0.00152. The maximum Gasteiger partial charge on any atom is 0.303 e. The molecule has 3 N–H and O–H groups in total. The van der Waals surface area contributed by atoms with Crippen molar-refractivity contribution < 1.29 is 19.1 Å². The van der Waals surface area contributed by atoms with Gasteiger partial charge in [0.15, 0.2) is 0 Å². The number of aromatic nitrogens is 1. The van der Waals surface area contributed by atoms with Crippen LogP contribution in [0.25, 0.3) is 10.9 Å². The van der Waals surface area contributed by atoms with Crippen LogP contribution in [0.1, 0.15) is 35.8 Å². The van der Waals surface area contributed by atoms with Gasteiger partial charge in [-0.05, 0) is 44.0 Å². The molecule has 0 radical (unpaired) electrons. The van der Waals surface area contributed by atoms with Gasteiger partial charge < -0.3 is 15.4 Å². The van der Waals surface area contributed by atoms with E-state index in [4.69, 9.17) is 5.11 Å². The smallest absolute Gasteiger partial charge is 0.303 e. The first-order chi connectivity index (χ1) is 9.86. The minimum atomic E-state index is -0.896. The van der Waals surface area contributed by atoms with Crippen LogP contribution in [0.4, 0.5) is 4.39 Å². The van der Waals surface area contributed by atoms with Crippen molar-refractivity contribution in [3.05, 3.63) is 35.3 Å². The van der Waals surface area contributed by atoms with Crippen molar-refractivity contribution in [2.24, 2.45) is 0 Å². The maximum absolute atomic E-state index is 13.3. The number of hydrogen-bond donors (Lipinski definition) is 3. The highest BCUT2D eigenvalue weighted by Crippen LogP contribution is 2.21. The number of carbonyl (C=O) groups excluding carboxylic acids is 1. The lowest BCUT2D eigenvalue weighted by Crippen LogP contribution is -2.33. The zero-order valence-corrected chi connectivity index (χ0v) is 11.9. The molecule has 0 aliphatic rings. The van der Waals surface area contributed by atoms with Gasteiger partial charge in [0.2, 0.25) is 0 Å². The van der Waals surface area contributed by atoms with Crippen LogP contribution in [-0.2, 0) is 4.79 Å². The number of fused-ring (bicyclic) bond motifs is 1. The lowest BCUT2D eigenvalue weighted by molar-refractivity contribution is -0.137. The van der Waals surface area contributed by atoms with Crippen LogP contribution >= 0.6 is 0 Å². The van der Waals surface area contributed by atoms with Crippen LogP contribution in [0.5, 0.6) is 0 Å². The molecule has 0 aliphatic carbocycles. The summed E-state index contributed by atoms with van der Waals surface area (Å²) in [7, 11) is 0. The summed E-state index contributed by atoms with van der Waals surface area (Å²) in [6, 6.07) is 4.17. The molecule has 5 nitrogen and oxygen atoms in total. The molecule has 112 valence electrons. The van der Waals surface area contributed by atoms with Crippen LogP contribution in [0.2, 0.25) is 0 Å². The standard InChI is InChI=1S/C15H17FN2O3/c1-8-5-10(16)6-12-11(8)7-13(18-12)15(21)17-9(2)3-4-14(19)20/h5-7,9,18H,3-4H2,1-2H3,(H,17,21)(H,19,20). The molecule has 1 amide bonds. The van der Waals surface area contributed by atoms with E-state index in [9.17, 15) is 14.0 Å². The molecular weight excluding hydrogens is 275 g/mol. The highest BCUT2D eigenvalue weighted by Gasteiger charge is 2.14. The second kappa shape index (κ2) is 5.95. The highest BCUT2D eigenvalue weighted by molar-refractivity contribution is 5.98. The predicted octanol–water partition coefficient (Wildman–Crippen LogP) is 2.60. The molecule has 0 bridgehead atoms. The van der Waals surface area contributed by atoms with Gasteiger partial charge in [-0.1, -0.05) is 0 Å². The van der Waals surface area contributed by atoms with E-state index in [0.717, 1.165) is 10.9 Å². The average molecular weight is 292 g/mol. The Labute approximate surface area is 121 Å². The Kier molecular flexibility index (Phi) is 4.26. The zero-order chi connectivity index (χ0) is 15.6. The minimum Gasteiger partial charge on any atom is -0.481 e. The number of aliphatic carboxylic acids is 1. The van der Waals surface area contributed by atoms with Crippen LogP contribution < -0.4 is 5.32 Å². The van der Waals surface area contributed by atoms with E-state index < -0.39 is 5.97 Å². The van der Waals surface area contributed by atoms with E-state index >= 15 is 0 Å². The molecule has 6 heteroatoms. The van der Waals surface area contributed by atoms with Gasteiger partial charge in [0, 0.05) is 23.4 Å². The van der Waals surface area contributed by atoms with Crippen molar-refractivity contribution in [3.8, 4) is 0 Å². The van der Waals surface area contributed by atoms with Crippen molar-refractivity contribution in [3.63, 3.8) is 0 Å². The third-order valence-electron chi connectivity index (χ3n) is 3.32. The average Bonchev–Trinajstić information content (AvgIpc) is 2.80. The van der Waals surface area contributed by atoms with Gasteiger partial charge >= 0.3 is 5.97 Å². The summed E-state index contributed by atoms with van der Waals surface area (Å²) >= 11 is 0. The quantitative estimate of drug-likeness (QED) is 0.792. The van der Waals surface area contributed by atoms with Crippen molar-refractivity contribution in [2.45, 2.75) is 32.7 Å².